The average molecular weight is 252 g/mol. The smallest absolute Gasteiger partial charge is 0.0218 e. The number of nitrogens with one attached hydrogen (secondary N) is 1. The lowest BCUT2D eigenvalue weighted by Gasteiger charge is -2.40. The van der Waals surface area contributed by atoms with Gasteiger partial charge in [-0.05, 0) is 57.0 Å². The quantitative estimate of drug-likeness (QED) is 0.780. The largest absolute Gasteiger partial charge is 0.312 e. The van der Waals surface area contributed by atoms with Crippen LogP contribution in [0, 0.1) is 11.8 Å². The summed E-state index contributed by atoms with van der Waals surface area (Å²) in [6, 6.07) is 1.60. The maximum Gasteiger partial charge on any atom is 0.0218 e. The average Bonchev–Trinajstić information content (AvgIpc) is 2.83. The van der Waals surface area contributed by atoms with Crippen LogP contribution in [0.1, 0.15) is 59.3 Å². The molecule has 2 nitrogen and oxygen atoms in total. The van der Waals surface area contributed by atoms with Crippen LogP contribution in [0.3, 0.4) is 0 Å². The maximum absolute atomic E-state index is 3.75. The van der Waals surface area contributed by atoms with Crippen LogP contribution in [0.2, 0.25) is 0 Å². The van der Waals surface area contributed by atoms with Gasteiger partial charge in [0.25, 0.3) is 0 Å². The Labute approximate surface area is 114 Å². The number of hydrogen-bond acceptors (Lipinski definition) is 2. The van der Waals surface area contributed by atoms with Gasteiger partial charge in [-0.15, -0.1) is 0 Å². The van der Waals surface area contributed by atoms with Gasteiger partial charge in [-0.2, -0.15) is 0 Å². The van der Waals surface area contributed by atoms with Gasteiger partial charge in [-0.25, -0.2) is 0 Å². The fourth-order valence-corrected chi connectivity index (χ4v) is 3.88. The third-order valence-electron chi connectivity index (χ3n) is 5.00. The monoisotopic (exact) mass is 252 g/mol. The molecule has 0 radical (unpaired) electrons. The Kier molecular flexibility index (Phi) is 5.50. The van der Waals surface area contributed by atoms with E-state index in [1.54, 1.807) is 0 Å². The number of nitrogens with zero attached hydrogens (tertiary/aromatic N) is 1. The molecule has 2 heteroatoms. The molecule has 1 saturated carbocycles. The van der Waals surface area contributed by atoms with Crippen molar-refractivity contribution in [2.45, 2.75) is 71.4 Å². The van der Waals surface area contributed by atoms with Crippen molar-refractivity contribution in [3.8, 4) is 0 Å². The molecule has 0 aromatic heterocycles. The number of piperidine rings is 1. The van der Waals surface area contributed by atoms with Crippen LogP contribution < -0.4 is 5.32 Å². The molecule has 1 aliphatic heterocycles. The molecule has 0 bridgehead atoms. The van der Waals surface area contributed by atoms with Crippen molar-refractivity contribution in [2.24, 2.45) is 11.8 Å². The van der Waals surface area contributed by atoms with Crippen LogP contribution in [-0.4, -0.2) is 36.6 Å². The van der Waals surface area contributed by atoms with Gasteiger partial charge in [0.15, 0.2) is 0 Å². The fraction of sp³-hybridized carbons (Fsp3) is 1.00. The van der Waals surface area contributed by atoms with Crippen molar-refractivity contribution in [1.29, 1.82) is 0 Å². The zero-order chi connectivity index (χ0) is 13.0. The molecule has 0 spiro atoms. The first-order valence-electron chi connectivity index (χ1n) is 8.19. The highest BCUT2D eigenvalue weighted by molar-refractivity contribution is 4.91. The molecule has 2 rings (SSSR count). The predicted molar refractivity (Wildman–Crippen MR) is 78.9 cm³/mol. The molecule has 3 unspecified atom stereocenters. The minimum Gasteiger partial charge on any atom is -0.312 e. The summed E-state index contributed by atoms with van der Waals surface area (Å²) in [5.74, 6) is 1.77. The molecule has 1 heterocycles. The van der Waals surface area contributed by atoms with Crippen molar-refractivity contribution < 1.29 is 0 Å². The molecule has 1 aliphatic carbocycles. The van der Waals surface area contributed by atoms with E-state index in [4.69, 9.17) is 0 Å². The Bertz CT molecular complexity index is 239. The van der Waals surface area contributed by atoms with E-state index >= 15 is 0 Å². The van der Waals surface area contributed by atoms with E-state index in [9.17, 15) is 0 Å². The summed E-state index contributed by atoms with van der Waals surface area (Å²) in [7, 11) is 0. The zero-order valence-electron chi connectivity index (χ0n) is 12.6. The standard InChI is InChI=1S/C16H32N2/c1-4-10-17-15(13(2)3)12-18-11-6-8-14-7-5-9-16(14)18/h13-17H,4-12H2,1-3H3. The Morgan fingerprint density at radius 3 is 2.67 bits per heavy atom. The molecule has 2 aliphatic rings. The highest BCUT2D eigenvalue weighted by Crippen LogP contribution is 2.36. The molecule has 0 aromatic rings. The van der Waals surface area contributed by atoms with Gasteiger partial charge >= 0.3 is 0 Å². The minimum atomic E-state index is 0.685. The topological polar surface area (TPSA) is 15.3 Å². The third kappa shape index (κ3) is 3.48. The van der Waals surface area contributed by atoms with E-state index < -0.39 is 0 Å². The van der Waals surface area contributed by atoms with Gasteiger partial charge in [-0.1, -0.05) is 27.2 Å². The summed E-state index contributed by atoms with van der Waals surface area (Å²) >= 11 is 0. The van der Waals surface area contributed by atoms with Crippen molar-refractivity contribution in [2.75, 3.05) is 19.6 Å². The first-order chi connectivity index (χ1) is 8.72. The number of likely N-dealkylation sites (tertiary alicyclic amines) is 1. The molecule has 0 amide bonds. The Morgan fingerprint density at radius 2 is 1.94 bits per heavy atom. The van der Waals surface area contributed by atoms with Gasteiger partial charge in [0.2, 0.25) is 0 Å². The number of fused-ring (bicyclic) bond motifs is 1. The predicted octanol–water partition coefficient (Wildman–Crippen LogP) is 3.28. The van der Waals surface area contributed by atoms with Crippen LogP contribution in [-0.2, 0) is 0 Å². The van der Waals surface area contributed by atoms with Crippen LogP contribution in [0.15, 0.2) is 0 Å². The van der Waals surface area contributed by atoms with E-state index in [1.807, 2.05) is 0 Å². The number of hydrogen-bond donors (Lipinski definition) is 1. The molecule has 0 aromatic carbocycles. The van der Waals surface area contributed by atoms with Gasteiger partial charge in [-0.3, -0.25) is 4.90 Å². The molecule has 106 valence electrons. The van der Waals surface area contributed by atoms with E-state index in [2.05, 4.69) is 31.0 Å². The highest BCUT2D eigenvalue weighted by Gasteiger charge is 2.35. The molecule has 2 fully saturated rings. The minimum absolute atomic E-state index is 0.685. The normalized spacial score (nSPS) is 30.7. The lowest BCUT2D eigenvalue weighted by Crippen LogP contribution is -2.51. The third-order valence-corrected chi connectivity index (χ3v) is 5.00. The molecule has 1 saturated heterocycles. The molecule has 3 atom stereocenters. The lowest BCUT2D eigenvalue weighted by molar-refractivity contribution is 0.0937. The van der Waals surface area contributed by atoms with Crippen LogP contribution in [0.5, 0.6) is 0 Å². The summed E-state index contributed by atoms with van der Waals surface area (Å²) in [5, 5.41) is 3.75. The lowest BCUT2D eigenvalue weighted by atomic mass is 9.91. The SMILES string of the molecule is CCCNC(CN1CCCC2CCCC21)C(C)C. The Morgan fingerprint density at radius 1 is 1.17 bits per heavy atom. The van der Waals surface area contributed by atoms with Crippen molar-refractivity contribution in [3.63, 3.8) is 0 Å². The molecular weight excluding hydrogens is 220 g/mol. The van der Waals surface area contributed by atoms with Gasteiger partial charge < -0.3 is 5.32 Å². The fourth-order valence-electron chi connectivity index (χ4n) is 3.88. The summed E-state index contributed by atoms with van der Waals surface area (Å²) < 4.78 is 0. The molecule has 18 heavy (non-hydrogen) atoms. The van der Waals surface area contributed by atoms with Crippen molar-refractivity contribution in [1.82, 2.24) is 10.2 Å². The van der Waals surface area contributed by atoms with E-state index in [0.29, 0.717) is 6.04 Å². The molecule has 1 N–H and O–H groups in total. The number of rotatable bonds is 6. The zero-order valence-corrected chi connectivity index (χ0v) is 12.6. The van der Waals surface area contributed by atoms with Crippen molar-refractivity contribution in [3.05, 3.63) is 0 Å². The summed E-state index contributed by atoms with van der Waals surface area (Å²) in [5.41, 5.74) is 0. The second-order valence-corrected chi connectivity index (χ2v) is 6.70. The van der Waals surface area contributed by atoms with Crippen LogP contribution in [0.4, 0.5) is 0 Å². The first kappa shape index (κ1) is 14.3. The molecular formula is C16H32N2. The van der Waals surface area contributed by atoms with E-state index in [-0.39, 0.29) is 0 Å². The summed E-state index contributed by atoms with van der Waals surface area (Å²) in [4.78, 5) is 2.81. The first-order valence-corrected chi connectivity index (χ1v) is 8.19. The van der Waals surface area contributed by atoms with Crippen molar-refractivity contribution >= 4 is 0 Å². The van der Waals surface area contributed by atoms with Gasteiger partial charge in [0.1, 0.15) is 0 Å². The van der Waals surface area contributed by atoms with Crippen LogP contribution in [0.25, 0.3) is 0 Å². The summed E-state index contributed by atoms with van der Waals surface area (Å²) in [6.07, 6.45) is 8.60. The maximum atomic E-state index is 3.75. The Hall–Kier alpha value is -0.0800. The Balaban J connectivity index is 1.88. The van der Waals surface area contributed by atoms with E-state index in [1.165, 1.54) is 58.2 Å². The van der Waals surface area contributed by atoms with Gasteiger partial charge in [0, 0.05) is 18.6 Å². The second-order valence-electron chi connectivity index (χ2n) is 6.70. The van der Waals surface area contributed by atoms with Crippen LogP contribution >= 0.6 is 0 Å². The van der Waals surface area contributed by atoms with Gasteiger partial charge in [0.05, 0.1) is 0 Å². The second kappa shape index (κ2) is 6.91. The highest BCUT2D eigenvalue weighted by atomic mass is 15.2. The summed E-state index contributed by atoms with van der Waals surface area (Å²) in [6.45, 7) is 10.8. The van der Waals surface area contributed by atoms with E-state index in [0.717, 1.165) is 17.9 Å².